The van der Waals surface area contributed by atoms with Crippen LogP contribution in [0.25, 0.3) is 0 Å². The highest BCUT2D eigenvalue weighted by atomic mass is 32.1. The standard InChI is InChI=1S/C21H31N5O3S/c1-6-12-29-18-16(10-9-11-23-18)13-24-21(22-7-2)26-15(5)19-25-14(4)17(30-19)20(27)28-8-3/h9-11,15H,6-8,12-13H2,1-5H3,(H2,22,24,26). The Labute approximate surface area is 182 Å². The Hall–Kier alpha value is -2.68. The molecule has 30 heavy (non-hydrogen) atoms. The van der Waals surface area contributed by atoms with Crippen molar-refractivity contribution in [1.29, 1.82) is 0 Å². The zero-order valence-corrected chi connectivity index (χ0v) is 19.1. The van der Waals surface area contributed by atoms with Crippen LogP contribution in [0.2, 0.25) is 0 Å². The number of nitrogens with one attached hydrogen (secondary N) is 2. The SMILES string of the molecule is CCCOc1ncccc1CN=C(NCC)NC(C)c1nc(C)c(C(=O)OCC)s1. The first-order valence-electron chi connectivity index (χ1n) is 10.3. The molecule has 0 bridgehead atoms. The van der Waals surface area contributed by atoms with E-state index < -0.39 is 0 Å². The fourth-order valence-electron chi connectivity index (χ4n) is 2.61. The Morgan fingerprint density at radius 3 is 2.83 bits per heavy atom. The van der Waals surface area contributed by atoms with Crippen molar-refractivity contribution in [3.8, 4) is 5.88 Å². The molecule has 0 saturated carbocycles. The smallest absolute Gasteiger partial charge is 0.350 e. The summed E-state index contributed by atoms with van der Waals surface area (Å²) in [5, 5.41) is 7.40. The molecule has 0 saturated heterocycles. The summed E-state index contributed by atoms with van der Waals surface area (Å²) in [5.41, 5.74) is 1.60. The van der Waals surface area contributed by atoms with E-state index in [1.165, 1.54) is 11.3 Å². The van der Waals surface area contributed by atoms with Gasteiger partial charge in [-0.05, 0) is 40.2 Å². The maximum Gasteiger partial charge on any atom is 0.350 e. The molecule has 1 atom stereocenters. The van der Waals surface area contributed by atoms with Gasteiger partial charge in [0, 0.05) is 18.3 Å². The molecule has 8 nitrogen and oxygen atoms in total. The lowest BCUT2D eigenvalue weighted by Gasteiger charge is -2.16. The average Bonchev–Trinajstić information content (AvgIpc) is 3.13. The Morgan fingerprint density at radius 1 is 1.33 bits per heavy atom. The molecule has 1 unspecified atom stereocenters. The molecule has 0 aliphatic heterocycles. The van der Waals surface area contributed by atoms with Crippen LogP contribution >= 0.6 is 11.3 Å². The van der Waals surface area contributed by atoms with Crippen LogP contribution in [0.3, 0.4) is 0 Å². The zero-order valence-electron chi connectivity index (χ0n) is 18.3. The van der Waals surface area contributed by atoms with Gasteiger partial charge in [0.25, 0.3) is 0 Å². The van der Waals surface area contributed by atoms with E-state index in [4.69, 9.17) is 9.47 Å². The lowest BCUT2D eigenvalue weighted by atomic mass is 10.3. The van der Waals surface area contributed by atoms with Crippen molar-refractivity contribution in [2.24, 2.45) is 4.99 Å². The van der Waals surface area contributed by atoms with Crippen molar-refractivity contribution in [3.63, 3.8) is 0 Å². The number of carbonyl (C=O) groups excluding carboxylic acids is 1. The van der Waals surface area contributed by atoms with Gasteiger partial charge < -0.3 is 20.1 Å². The van der Waals surface area contributed by atoms with E-state index in [0.717, 1.165) is 23.5 Å². The number of carbonyl (C=O) groups is 1. The highest BCUT2D eigenvalue weighted by molar-refractivity contribution is 7.13. The number of esters is 1. The highest BCUT2D eigenvalue weighted by Gasteiger charge is 2.20. The van der Waals surface area contributed by atoms with Gasteiger partial charge in [0.15, 0.2) is 5.96 Å². The molecule has 2 rings (SSSR count). The number of ether oxygens (including phenoxy) is 2. The maximum absolute atomic E-state index is 12.1. The molecule has 0 aliphatic rings. The number of hydrogen-bond acceptors (Lipinski definition) is 7. The van der Waals surface area contributed by atoms with Crippen molar-refractivity contribution in [2.75, 3.05) is 19.8 Å². The van der Waals surface area contributed by atoms with Crippen LogP contribution in [-0.2, 0) is 11.3 Å². The summed E-state index contributed by atoms with van der Waals surface area (Å²) in [6, 6.07) is 3.71. The maximum atomic E-state index is 12.1. The molecule has 2 aromatic rings. The minimum atomic E-state index is -0.331. The van der Waals surface area contributed by atoms with Gasteiger partial charge in [-0.2, -0.15) is 0 Å². The van der Waals surface area contributed by atoms with Gasteiger partial charge in [0.2, 0.25) is 5.88 Å². The third-order valence-electron chi connectivity index (χ3n) is 4.04. The van der Waals surface area contributed by atoms with E-state index in [0.29, 0.717) is 42.2 Å². The van der Waals surface area contributed by atoms with Crippen LogP contribution < -0.4 is 15.4 Å². The van der Waals surface area contributed by atoms with Crippen molar-refractivity contribution in [2.45, 2.75) is 53.6 Å². The van der Waals surface area contributed by atoms with Crippen LogP contribution in [-0.4, -0.2) is 41.7 Å². The van der Waals surface area contributed by atoms with Crippen LogP contribution in [0.4, 0.5) is 0 Å². The topological polar surface area (TPSA) is 97.7 Å². The molecule has 0 aromatic carbocycles. The first-order chi connectivity index (χ1) is 14.5. The van der Waals surface area contributed by atoms with E-state index >= 15 is 0 Å². The van der Waals surface area contributed by atoms with Gasteiger partial charge in [-0.1, -0.05) is 13.0 Å². The Morgan fingerprint density at radius 2 is 2.13 bits per heavy atom. The van der Waals surface area contributed by atoms with E-state index in [1.807, 2.05) is 32.9 Å². The molecule has 2 heterocycles. The molecule has 0 fully saturated rings. The second-order valence-corrected chi connectivity index (χ2v) is 7.60. The van der Waals surface area contributed by atoms with E-state index in [-0.39, 0.29) is 12.0 Å². The molecule has 0 spiro atoms. The number of aryl methyl sites for hydroxylation is 1. The predicted molar refractivity (Wildman–Crippen MR) is 119 cm³/mol. The Kier molecular flexibility index (Phi) is 9.53. The van der Waals surface area contributed by atoms with Crippen LogP contribution in [0.15, 0.2) is 23.3 Å². The van der Waals surface area contributed by atoms with Crippen LogP contribution in [0.1, 0.15) is 66.1 Å². The third kappa shape index (κ3) is 6.69. The van der Waals surface area contributed by atoms with Gasteiger partial charge in [-0.25, -0.2) is 19.8 Å². The molecule has 2 N–H and O–H groups in total. The van der Waals surface area contributed by atoms with E-state index in [1.54, 1.807) is 13.1 Å². The van der Waals surface area contributed by atoms with E-state index in [2.05, 4.69) is 32.5 Å². The van der Waals surface area contributed by atoms with Crippen molar-refractivity contribution in [1.82, 2.24) is 20.6 Å². The molecule has 0 aliphatic carbocycles. The number of pyridine rings is 1. The largest absolute Gasteiger partial charge is 0.477 e. The quantitative estimate of drug-likeness (QED) is 0.335. The zero-order chi connectivity index (χ0) is 21.9. The predicted octanol–water partition coefficient (Wildman–Crippen LogP) is 3.63. The van der Waals surface area contributed by atoms with Crippen LogP contribution in [0, 0.1) is 6.92 Å². The minimum absolute atomic E-state index is 0.126. The summed E-state index contributed by atoms with van der Waals surface area (Å²) in [6.07, 6.45) is 2.64. The molecular weight excluding hydrogens is 402 g/mol. The summed E-state index contributed by atoms with van der Waals surface area (Å²) in [4.78, 5) is 26.1. The number of thiazole rings is 1. The second kappa shape index (κ2) is 12.1. The number of hydrogen-bond donors (Lipinski definition) is 2. The third-order valence-corrected chi connectivity index (χ3v) is 5.36. The summed E-state index contributed by atoms with van der Waals surface area (Å²) < 4.78 is 10.8. The lowest BCUT2D eigenvalue weighted by Crippen LogP contribution is -2.38. The number of aliphatic imine (C=N–C) groups is 1. The molecule has 0 radical (unpaired) electrons. The average molecular weight is 434 g/mol. The highest BCUT2D eigenvalue weighted by Crippen LogP contribution is 2.24. The molecule has 0 amide bonds. The lowest BCUT2D eigenvalue weighted by molar-refractivity contribution is 0.0531. The molecule has 9 heteroatoms. The van der Waals surface area contributed by atoms with Crippen LogP contribution in [0.5, 0.6) is 5.88 Å². The summed E-state index contributed by atoms with van der Waals surface area (Å²) >= 11 is 1.34. The fraction of sp³-hybridized carbons (Fsp3) is 0.524. The van der Waals surface area contributed by atoms with E-state index in [9.17, 15) is 4.79 Å². The van der Waals surface area contributed by atoms with Gasteiger partial charge >= 0.3 is 5.97 Å². The first-order valence-corrected chi connectivity index (χ1v) is 11.1. The van der Waals surface area contributed by atoms with Gasteiger partial charge in [-0.3, -0.25) is 0 Å². The normalized spacial score (nSPS) is 12.4. The number of nitrogens with zero attached hydrogens (tertiary/aromatic N) is 3. The monoisotopic (exact) mass is 433 g/mol. The number of guanidine groups is 1. The number of rotatable bonds is 10. The van der Waals surface area contributed by atoms with Gasteiger partial charge in [-0.15, -0.1) is 11.3 Å². The first kappa shape index (κ1) is 23.6. The van der Waals surface area contributed by atoms with Crippen molar-refractivity contribution >= 4 is 23.3 Å². The second-order valence-electron chi connectivity index (χ2n) is 6.56. The summed E-state index contributed by atoms with van der Waals surface area (Å²) in [7, 11) is 0. The molecular formula is C21H31N5O3S. The van der Waals surface area contributed by atoms with Crippen molar-refractivity contribution in [3.05, 3.63) is 39.5 Å². The van der Waals surface area contributed by atoms with Gasteiger partial charge in [0.05, 0.1) is 31.5 Å². The fourth-order valence-corrected chi connectivity index (χ4v) is 3.58. The summed E-state index contributed by atoms with van der Waals surface area (Å²) in [5.74, 6) is 0.935. The number of aromatic nitrogens is 2. The molecule has 164 valence electrons. The van der Waals surface area contributed by atoms with Crippen molar-refractivity contribution < 1.29 is 14.3 Å². The Bertz CT molecular complexity index is 853. The Balaban J connectivity index is 2.12. The molecule has 2 aromatic heterocycles. The minimum Gasteiger partial charge on any atom is -0.477 e. The summed E-state index contributed by atoms with van der Waals surface area (Å²) in [6.45, 7) is 11.8. The van der Waals surface area contributed by atoms with Gasteiger partial charge in [0.1, 0.15) is 9.88 Å².